The molecular weight excluding hydrogens is 254 g/mol. The van der Waals surface area contributed by atoms with Crippen LogP contribution in [0.5, 0.6) is 0 Å². The fourth-order valence-corrected chi connectivity index (χ4v) is 2.70. The van der Waals surface area contributed by atoms with Crippen LogP contribution in [0.3, 0.4) is 0 Å². The van der Waals surface area contributed by atoms with Crippen molar-refractivity contribution in [3.8, 4) is 11.3 Å². The van der Waals surface area contributed by atoms with Gasteiger partial charge in [-0.1, -0.05) is 24.3 Å². The number of likely N-dealkylation sites (N-methyl/N-ethyl adjacent to an activating group) is 1. The molecule has 102 valence electrons. The fraction of sp³-hybridized carbons (Fsp3) is 0.267. The second-order valence-corrected chi connectivity index (χ2v) is 4.93. The van der Waals surface area contributed by atoms with Crippen molar-refractivity contribution in [3.05, 3.63) is 41.7 Å². The van der Waals surface area contributed by atoms with Crippen molar-refractivity contribution in [1.82, 2.24) is 9.97 Å². The molecule has 1 aliphatic carbocycles. The Morgan fingerprint density at radius 3 is 2.90 bits per heavy atom. The van der Waals surface area contributed by atoms with Gasteiger partial charge in [-0.3, -0.25) is 4.79 Å². The molecule has 2 aromatic rings. The number of hydrogen-bond donors (Lipinski definition) is 1. The van der Waals surface area contributed by atoms with Crippen molar-refractivity contribution in [2.24, 2.45) is 0 Å². The summed E-state index contributed by atoms with van der Waals surface area (Å²) < 4.78 is 0. The number of benzene rings is 1. The van der Waals surface area contributed by atoms with Crippen molar-refractivity contribution in [2.45, 2.75) is 12.8 Å². The number of rotatable bonds is 3. The Kier molecular flexibility index (Phi) is 3.10. The normalized spacial score (nSPS) is 12.4. The second kappa shape index (κ2) is 4.92. The van der Waals surface area contributed by atoms with Gasteiger partial charge in [0.05, 0.1) is 5.69 Å². The lowest BCUT2D eigenvalue weighted by Gasteiger charge is -2.24. The van der Waals surface area contributed by atoms with E-state index in [9.17, 15) is 4.79 Å². The van der Waals surface area contributed by atoms with Crippen LogP contribution >= 0.6 is 0 Å². The van der Waals surface area contributed by atoms with E-state index in [1.54, 1.807) is 11.9 Å². The third-order valence-corrected chi connectivity index (χ3v) is 3.57. The number of anilines is 1. The number of aliphatic carboxylic acids is 1. The molecule has 1 aromatic heterocycles. The Labute approximate surface area is 116 Å². The molecule has 20 heavy (non-hydrogen) atoms. The summed E-state index contributed by atoms with van der Waals surface area (Å²) >= 11 is 0. The van der Waals surface area contributed by atoms with Gasteiger partial charge in [-0.15, -0.1) is 0 Å². The standard InChI is InChI=1S/C15H15N3O2/c1-18(8-13(19)20)15-12-7-6-10-4-2-3-5-11(10)14(12)16-9-17-15/h2-5,9H,6-8H2,1H3,(H,19,20). The zero-order valence-corrected chi connectivity index (χ0v) is 11.2. The van der Waals surface area contributed by atoms with E-state index in [-0.39, 0.29) is 6.54 Å². The first kappa shape index (κ1) is 12.6. The van der Waals surface area contributed by atoms with Gasteiger partial charge >= 0.3 is 5.97 Å². The summed E-state index contributed by atoms with van der Waals surface area (Å²) in [6.07, 6.45) is 3.28. The van der Waals surface area contributed by atoms with Gasteiger partial charge in [0.2, 0.25) is 0 Å². The van der Waals surface area contributed by atoms with Gasteiger partial charge in [-0.2, -0.15) is 0 Å². The zero-order valence-electron chi connectivity index (χ0n) is 11.2. The molecule has 0 saturated heterocycles. The van der Waals surface area contributed by atoms with Crippen molar-refractivity contribution >= 4 is 11.8 Å². The molecule has 0 aliphatic heterocycles. The third kappa shape index (κ3) is 2.11. The average Bonchev–Trinajstić information content (AvgIpc) is 2.45. The number of carboxylic acid groups (broad SMARTS) is 1. The molecule has 5 heteroatoms. The maximum atomic E-state index is 10.9. The number of carbonyl (C=O) groups is 1. The van der Waals surface area contributed by atoms with E-state index < -0.39 is 5.97 Å². The number of nitrogens with zero attached hydrogens (tertiary/aromatic N) is 3. The van der Waals surface area contributed by atoms with Crippen LogP contribution in [0.4, 0.5) is 5.82 Å². The first-order valence-corrected chi connectivity index (χ1v) is 6.52. The van der Waals surface area contributed by atoms with Crippen molar-refractivity contribution < 1.29 is 9.90 Å². The highest BCUT2D eigenvalue weighted by molar-refractivity contribution is 5.77. The van der Waals surface area contributed by atoms with E-state index in [1.807, 2.05) is 12.1 Å². The highest BCUT2D eigenvalue weighted by Gasteiger charge is 2.22. The van der Waals surface area contributed by atoms with Crippen LogP contribution in [0.2, 0.25) is 0 Å². The van der Waals surface area contributed by atoms with E-state index >= 15 is 0 Å². The Hall–Kier alpha value is -2.43. The Bertz CT molecular complexity index is 670. The molecule has 0 unspecified atom stereocenters. The van der Waals surface area contributed by atoms with E-state index in [4.69, 9.17) is 5.11 Å². The first-order chi connectivity index (χ1) is 9.66. The van der Waals surface area contributed by atoms with Crippen molar-refractivity contribution in [2.75, 3.05) is 18.5 Å². The van der Waals surface area contributed by atoms with Crippen LogP contribution in [-0.2, 0) is 17.6 Å². The molecule has 5 nitrogen and oxygen atoms in total. The van der Waals surface area contributed by atoms with Crippen molar-refractivity contribution in [1.29, 1.82) is 0 Å². The molecule has 0 radical (unpaired) electrons. The number of aromatic nitrogens is 2. The van der Waals surface area contributed by atoms with Gasteiger partial charge in [-0.25, -0.2) is 9.97 Å². The highest BCUT2D eigenvalue weighted by atomic mass is 16.4. The minimum Gasteiger partial charge on any atom is -0.480 e. The topological polar surface area (TPSA) is 66.3 Å². The van der Waals surface area contributed by atoms with E-state index in [1.165, 1.54) is 11.9 Å². The molecule has 0 bridgehead atoms. The molecule has 0 atom stereocenters. The molecular formula is C15H15N3O2. The van der Waals surface area contributed by atoms with Gasteiger partial charge < -0.3 is 10.0 Å². The predicted molar refractivity (Wildman–Crippen MR) is 75.8 cm³/mol. The summed E-state index contributed by atoms with van der Waals surface area (Å²) in [5.74, 6) is -0.150. The largest absolute Gasteiger partial charge is 0.480 e. The van der Waals surface area contributed by atoms with E-state index in [0.29, 0.717) is 5.82 Å². The molecule has 0 amide bonds. The number of aryl methyl sites for hydroxylation is 1. The Balaban J connectivity index is 2.08. The third-order valence-electron chi connectivity index (χ3n) is 3.57. The lowest BCUT2D eigenvalue weighted by Crippen LogP contribution is -2.28. The second-order valence-electron chi connectivity index (χ2n) is 4.93. The molecule has 3 rings (SSSR count). The van der Waals surface area contributed by atoms with Crippen LogP contribution < -0.4 is 4.90 Å². The Morgan fingerprint density at radius 1 is 1.30 bits per heavy atom. The molecule has 0 fully saturated rings. The molecule has 1 heterocycles. The van der Waals surface area contributed by atoms with Crippen LogP contribution in [0, 0.1) is 0 Å². The predicted octanol–water partition coefficient (Wildman–Crippen LogP) is 1.76. The summed E-state index contributed by atoms with van der Waals surface area (Å²) in [6.45, 7) is -0.0644. The van der Waals surface area contributed by atoms with Crippen LogP contribution in [0.25, 0.3) is 11.3 Å². The molecule has 1 aromatic carbocycles. The summed E-state index contributed by atoms with van der Waals surface area (Å²) in [5, 5.41) is 8.92. The van der Waals surface area contributed by atoms with Gasteiger partial charge in [-0.05, 0) is 18.4 Å². The summed E-state index contributed by atoms with van der Waals surface area (Å²) in [7, 11) is 1.75. The molecule has 0 spiro atoms. The van der Waals surface area contributed by atoms with Gasteiger partial charge in [0, 0.05) is 18.2 Å². The smallest absolute Gasteiger partial charge is 0.323 e. The van der Waals surface area contributed by atoms with Crippen LogP contribution in [-0.4, -0.2) is 34.6 Å². The monoisotopic (exact) mass is 269 g/mol. The van der Waals surface area contributed by atoms with Gasteiger partial charge in [0.1, 0.15) is 18.7 Å². The quantitative estimate of drug-likeness (QED) is 0.919. The van der Waals surface area contributed by atoms with Gasteiger partial charge in [0.25, 0.3) is 0 Å². The van der Waals surface area contributed by atoms with Crippen molar-refractivity contribution in [3.63, 3.8) is 0 Å². The lowest BCUT2D eigenvalue weighted by atomic mass is 9.89. The maximum Gasteiger partial charge on any atom is 0.323 e. The highest BCUT2D eigenvalue weighted by Crippen LogP contribution is 2.35. The first-order valence-electron chi connectivity index (χ1n) is 6.52. The minimum atomic E-state index is -0.865. The summed E-state index contributed by atoms with van der Waals surface area (Å²) in [5.41, 5.74) is 4.37. The minimum absolute atomic E-state index is 0.0644. The van der Waals surface area contributed by atoms with E-state index in [2.05, 4.69) is 22.1 Å². The number of fused-ring (bicyclic) bond motifs is 3. The zero-order chi connectivity index (χ0) is 14.1. The average molecular weight is 269 g/mol. The van der Waals surface area contributed by atoms with Crippen LogP contribution in [0.1, 0.15) is 11.1 Å². The fourth-order valence-electron chi connectivity index (χ4n) is 2.70. The van der Waals surface area contributed by atoms with Gasteiger partial charge in [0.15, 0.2) is 0 Å². The lowest BCUT2D eigenvalue weighted by molar-refractivity contribution is -0.135. The Morgan fingerprint density at radius 2 is 2.10 bits per heavy atom. The molecule has 1 aliphatic rings. The maximum absolute atomic E-state index is 10.9. The SMILES string of the molecule is CN(CC(=O)O)c1ncnc2c1CCc1ccccc1-2. The van der Waals surface area contributed by atoms with E-state index in [0.717, 1.165) is 29.7 Å². The summed E-state index contributed by atoms with van der Waals surface area (Å²) in [6, 6.07) is 8.20. The number of hydrogen-bond acceptors (Lipinski definition) is 4. The summed E-state index contributed by atoms with van der Waals surface area (Å²) in [4.78, 5) is 21.2. The molecule has 1 N–H and O–H groups in total. The molecule has 0 saturated carbocycles. The van der Waals surface area contributed by atoms with Crippen LogP contribution in [0.15, 0.2) is 30.6 Å². The number of carboxylic acids is 1.